The van der Waals surface area contributed by atoms with Crippen LogP contribution in [0.3, 0.4) is 0 Å². The molecule has 1 aliphatic rings. The Balaban J connectivity index is 2.05. The Morgan fingerprint density at radius 1 is 1.48 bits per heavy atom. The molecule has 2 heterocycles. The van der Waals surface area contributed by atoms with E-state index in [9.17, 15) is 9.90 Å². The lowest BCUT2D eigenvalue weighted by atomic mass is 9.91. The van der Waals surface area contributed by atoms with Gasteiger partial charge in [0.2, 0.25) is 5.91 Å². The standard InChI is InChI=1S/C18H18N4O2S/c1-18(8-16(24)22(2)17(20)21-18)15-7-13(14(10-23)25-15)12-5-3-4-11(6-12)9-19/h3-7,23H,8,10H2,1-2H3,(H2,20,21)/t18-/m0/s1. The van der Waals surface area contributed by atoms with Gasteiger partial charge in [-0.3, -0.25) is 15.1 Å². The Bertz CT molecular complexity index is 879. The normalized spacial score (nSPS) is 20.3. The number of aliphatic hydroxyl groups is 1. The van der Waals surface area contributed by atoms with Gasteiger partial charge in [0.25, 0.3) is 0 Å². The van der Waals surface area contributed by atoms with Crippen molar-refractivity contribution >= 4 is 23.2 Å². The van der Waals surface area contributed by atoms with Gasteiger partial charge in [0, 0.05) is 16.8 Å². The van der Waals surface area contributed by atoms with Crippen molar-refractivity contribution in [2.45, 2.75) is 25.5 Å². The second-order valence-electron chi connectivity index (χ2n) is 6.23. The SMILES string of the molecule is CN1C(=N)N[C@](C)(c2cc(-c3cccc(C#N)c3)c(CO)s2)CC1=O. The highest BCUT2D eigenvalue weighted by molar-refractivity contribution is 7.12. The first-order valence-electron chi connectivity index (χ1n) is 7.76. The first-order valence-corrected chi connectivity index (χ1v) is 8.57. The summed E-state index contributed by atoms with van der Waals surface area (Å²) >= 11 is 1.42. The molecule has 1 aromatic heterocycles. The van der Waals surface area contributed by atoms with Crippen molar-refractivity contribution in [3.8, 4) is 17.2 Å². The molecular weight excluding hydrogens is 336 g/mol. The van der Waals surface area contributed by atoms with Crippen LogP contribution >= 0.6 is 11.3 Å². The first-order chi connectivity index (χ1) is 11.9. The Labute approximate surface area is 149 Å². The number of benzene rings is 1. The van der Waals surface area contributed by atoms with Gasteiger partial charge < -0.3 is 10.4 Å². The third-order valence-electron chi connectivity index (χ3n) is 4.41. The predicted octanol–water partition coefficient (Wildman–Crippen LogP) is 2.38. The second-order valence-corrected chi connectivity index (χ2v) is 7.37. The van der Waals surface area contributed by atoms with Gasteiger partial charge in [-0.25, -0.2) is 0 Å². The quantitative estimate of drug-likeness (QED) is 0.788. The summed E-state index contributed by atoms with van der Waals surface area (Å²) in [7, 11) is 1.57. The van der Waals surface area contributed by atoms with Gasteiger partial charge >= 0.3 is 0 Å². The van der Waals surface area contributed by atoms with E-state index in [0.29, 0.717) is 5.56 Å². The number of nitrogens with one attached hydrogen (secondary N) is 2. The van der Waals surface area contributed by atoms with Crippen molar-refractivity contribution in [3.63, 3.8) is 0 Å². The molecule has 0 aliphatic carbocycles. The molecule has 1 aliphatic heterocycles. The Morgan fingerprint density at radius 2 is 2.24 bits per heavy atom. The second kappa shape index (κ2) is 6.31. The number of carbonyl (C=O) groups is 1. The molecule has 0 saturated carbocycles. The van der Waals surface area contributed by atoms with Crippen LogP contribution < -0.4 is 5.32 Å². The summed E-state index contributed by atoms with van der Waals surface area (Å²) in [6.45, 7) is 1.76. The summed E-state index contributed by atoms with van der Waals surface area (Å²) in [6, 6.07) is 11.3. The van der Waals surface area contributed by atoms with Crippen LogP contribution in [0.15, 0.2) is 30.3 Å². The zero-order valence-corrected chi connectivity index (χ0v) is 14.8. The average Bonchev–Trinajstić information content (AvgIpc) is 3.05. The minimum Gasteiger partial charge on any atom is -0.391 e. The summed E-state index contributed by atoms with van der Waals surface area (Å²) in [5.41, 5.74) is 1.55. The zero-order chi connectivity index (χ0) is 18.2. The molecule has 1 amide bonds. The molecule has 1 saturated heterocycles. The lowest BCUT2D eigenvalue weighted by Crippen LogP contribution is -2.57. The number of hydrogen-bond donors (Lipinski definition) is 3. The number of carbonyl (C=O) groups excluding carboxylic acids is 1. The van der Waals surface area contributed by atoms with Gasteiger partial charge in [0.1, 0.15) is 0 Å². The molecule has 2 aromatic rings. The summed E-state index contributed by atoms with van der Waals surface area (Å²) in [5, 5.41) is 29.9. The van der Waals surface area contributed by atoms with Gasteiger partial charge in [-0.15, -0.1) is 11.3 Å². The lowest BCUT2D eigenvalue weighted by molar-refractivity contribution is -0.129. The molecule has 1 fully saturated rings. The number of rotatable bonds is 3. The molecular formula is C18H18N4O2S. The van der Waals surface area contributed by atoms with Crippen LogP contribution in [0.4, 0.5) is 0 Å². The van der Waals surface area contributed by atoms with Gasteiger partial charge in [0.15, 0.2) is 5.96 Å². The van der Waals surface area contributed by atoms with E-state index in [1.807, 2.05) is 19.1 Å². The Kier molecular flexibility index (Phi) is 4.33. The number of thiophene rings is 1. The number of nitrogens with zero attached hydrogens (tertiary/aromatic N) is 2. The van der Waals surface area contributed by atoms with E-state index in [2.05, 4.69) is 11.4 Å². The lowest BCUT2D eigenvalue weighted by Gasteiger charge is -2.38. The summed E-state index contributed by atoms with van der Waals surface area (Å²) < 4.78 is 0. The Morgan fingerprint density at radius 3 is 2.88 bits per heavy atom. The van der Waals surface area contributed by atoms with E-state index < -0.39 is 5.54 Å². The van der Waals surface area contributed by atoms with E-state index in [4.69, 9.17) is 10.7 Å². The fraction of sp³-hybridized carbons (Fsp3) is 0.278. The summed E-state index contributed by atoms with van der Waals surface area (Å²) in [6.07, 6.45) is 0.231. The molecule has 0 bridgehead atoms. The number of aliphatic hydroxyl groups excluding tert-OH is 1. The number of amides is 1. The van der Waals surface area contributed by atoms with Gasteiger partial charge in [-0.2, -0.15) is 5.26 Å². The highest BCUT2D eigenvalue weighted by Gasteiger charge is 2.39. The predicted molar refractivity (Wildman–Crippen MR) is 96.0 cm³/mol. The topological polar surface area (TPSA) is 100 Å². The molecule has 3 rings (SSSR count). The molecule has 25 heavy (non-hydrogen) atoms. The van der Waals surface area contributed by atoms with Crippen LogP contribution in [0.5, 0.6) is 0 Å². The summed E-state index contributed by atoms with van der Waals surface area (Å²) in [4.78, 5) is 15.1. The van der Waals surface area contributed by atoms with Crippen LogP contribution in [0, 0.1) is 16.7 Å². The van der Waals surface area contributed by atoms with Crippen molar-refractivity contribution in [2.75, 3.05) is 7.05 Å². The van der Waals surface area contributed by atoms with Gasteiger partial charge in [-0.1, -0.05) is 12.1 Å². The third-order valence-corrected chi connectivity index (χ3v) is 5.79. The smallest absolute Gasteiger partial charge is 0.231 e. The first kappa shape index (κ1) is 17.1. The van der Waals surface area contributed by atoms with Crippen molar-refractivity contribution in [3.05, 3.63) is 45.6 Å². The van der Waals surface area contributed by atoms with Gasteiger partial charge in [-0.05, 0) is 36.2 Å². The monoisotopic (exact) mass is 354 g/mol. The molecule has 0 unspecified atom stereocenters. The van der Waals surface area contributed by atoms with Crippen molar-refractivity contribution < 1.29 is 9.90 Å². The molecule has 0 radical (unpaired) electrons. The third kappa shape index (κ3) is 3.02. The maximum absolute atomic E-state index is 12.2. The van der Waals surface area contributed by atoms with Crippen molar-refractivity contribution in [1.29, 1.82) is 10.7 Å². The molecule has 1 aromatic carbocycles. The van der Waals surface area contributed by atoms with Crippen LogP contribution in [0.1, 0.15) is 28.7 Å². The maximum Gasteiger partial charge on any atom is 0.231 e. The maximum atomic E-state index is 12.2. The highest BCUT2D eigenvalue weighted by atomic mass is 32.1. The van der Waals surface area contributed by atoms with E-state index in [-0.39, 0.29) is 24.9 Å². The fourth-order valence-corrected chi connectivity index (χ4v) is 4.04. The largest absolute Gasteiger partial charge is 0.391 e. The van der Waals surface area contributed by atoms with E-state index >= 15 is 0 Å². The molecule has 0 spiro atoms. The zero-order valence-electron chi connectivity index (χ0n) is 14.0. The number of nitriles is 1. The molecule has 7 heteroatoms. The minimum atomic E-state index is -0.694. The van der Waals surface area contributed by atoms with Crippen LogP contribution in [-0.2, 0) is 16.9 Å². The highest BCUT2D eigenvalue weighted by Crippen LogP contribution is 2.39. The molecule has 1 atom stereocenters. The van der Waals surface area contributed by atoms with E-state index in [1.165, 1.54) is 16.2 Å². The Hall–Kier alpha value is -2.69. The molecule has 6 nitrogen and oxygen atoms in total. The van der Waals surface area contributed by atoms with Crippen LogP contribution in [0.2, 0.25) is 0 Å². The minimum absolute atomic E-state index is 0.0609. The van der Waals surface area contributed by atoms with E-state index in [0.717, 1.165) is 20.9 Å². The fourth-order valence-electron chi connectivity index (χ4n) is 2.90. The summed E-state index contributed by atoms with van der Waals surface area (Å²) in [5.74, 6) is -0.0658. The van der Waals surface area contributed by atoms with Gasteiger partial charge in [0.05, 0.1) is 30.2 Å². The number of hydrogen-bond acceptors (Lipinski definition) is 5. The molecule has 3 N–H and O–H groups in total. The van der Waals surface area contributed by atoms with Crippen molar-refractivity contribution in [2.24, 2.45) is 0 Å². The van der Waals surface area contributed by atoms with Crippen LogP contribution in [-0.4, -0.2) is 28.9 Å². The van der Waals surface area contributed by atoms with E-state index in [1.54, 1.807) is 25.2 Å². The number of guanidine groups is 1. The average molecular weight is 354 g/mol. The van der Waals surface area contributed by atoms with Crippen molar-refractivity contribution in [1.82, 2.24) is 10.2 Å². The molecule has 128 valence electrons. The van der Waals surface area contributed by atoms with Crippen LogP contribution in [0.25, 0.3) is 11.1 Å².